The molecule has 0 bridgehead atoms. The van der Waals surface area contributed by atoms with Gasteiger partial charge in [-0.05, 0) is 30.1 Å². The highest BCUT2D eigenvalue weighted by atomic mass is 16.2. The van der Waals surface area contributed by atoms with Crippen molar-refractivity contribution in [3.8, 4) is 0 Å². The Bertz CT molecular complexity index is 341. The minimum atomic E-state index is -0.490. The summed E-state index contributed by atoms with van der Waals surface area (Å²) in [5, 5.41) is 5.69. The third kappa shape index (κ3) is 4.55. The van der Waals surface area contributed by atoms with Gasteiger partial charge in [0.15, 0.2) is 0 Å². The van der Waals surface area contributed by atoms with Crippen molar-refractivity contribution in [1.29, 1.82) is 0 Å². The zero-order valence-corrected chi connectivity index (χ0v) is 11.8. The second-order valence-electron chi connectivity index (χ2n) is 6.68. The van der Waals surface area contributed by atoms with E-state index in [0.29, 0.717) is 6.54 Å². The van der Waals surface area contributed by atoms with Gasteiger partial charge in [0.1, 0.15) is 0 Å². The Balaban J connectivity index is 2.72. The topological polar surface area (TPSA) is 84.2 Å². The number of hydrogen-bond acceptors (Lipinski definition) is 2. The first-order valence-electron chi connectivity index (χ1n) is 6.42. The van der Waals surface area contributed by atoms with Crippen LogP contribution < -0.4 is 16.4 Å². The van der Waals surface area contributed by atoms with Crippen LogP contribution in [0.4, 0.5) is 4.79 Å². The maximum absolute atomic E-state index is 11.2. The van der Waals surface area contributed by atoms with Crippen molar-refractivity contribution in [3.05, 3.63) is 0 Å². The molecule has 104 valence electrons. The van der Waals surface area contributed by atoms with Gasteiger partial charge >= 0.3 is 6.03 Å². The van der Waals surface area contributed by atoms with E-state index >= 15 is 0 Å². The first kappa shape index (κ1) is 14.8. The van der Waals surface area contributed by atoms with E-state index in [9.17, 15) is 9.59 Å². The first-order chi connectivity index (χ1) is 8.12. The molecule has 1 saturated carbocycles. The Hall–Kier alpha value is -1.26. The van der Waals surface area contributed by atoms with Gasteiger partial charge in [-0.1, -0.05) is 20.8 Å². The van der Waals surface area contributed by atoms with Crippen molar-refractivity contribution < 1.29 is 9.59 Å². The molecule has 0 saturated heterocycles. The largest absolute Gasteiger partial charge is 0.354 e. The number of urea groups is 1. The van der Waals surface area contributed by atoms with Crippen molar-refractivity contribution in [2.24, 2.45) is 16.6 Å². The number of nitrogens with two attached hydrogens (primary N) is 1. The highest BCUT2D eigenvalue weighted by Crippen LogP contribution is 2.45. The summed E-state index contributed by atoms with van der Waals surface area (Å²) in [7, 11) is 0. The molecule has 0 aliphatic heterocycles. The van der Waals surface area contributed by atoms with E-state index in [1.54, 1.807) is 6.92 Å². The van der Waals surface area contributed by atoms with Gasteiger partial charge in [-0.15, -0.1) is 0 Å². The zero-order valence-electron chi connectivity index (χ0n) is 11.8. The number of carbonyl (C=O) groups is 2. The smallest absolute Gasteiger partial charge is 0.312 e. The van der Waals surface area contributed by atoms with E-state index in [4.69, 9.17) is 5.73 Å². The molecule has 5 nitrogen and oxygen atoms in total. The van der Waals surface area contributed by atoms with Crippen molar-refractivity contribution in [2.45, 2.75) is 53.0 Å². The van der Waals surface area contributed by atoms with Gasteiger partial charge in [0.25, 0.3) is 0 Å². The van der Waals surface area contributed by atoms with Crippen LogP contribution in [0, 0.1) is 10.8 Å². The number of nitrogens with one attached hydrogen (secondary N) is 2. The highest BCUT2D eigenvalue weighted by molar-refractivity contribution is 5.73. The first-order valence-corrected chi connectivity index (χ1v) is 6.42. The average molecular weight is 255 g/mol. The number of carbonyl (C=O) groups excluding carboxylic acids is 2. The molecule has 0 aromatic carbocycles. The van der Waals surface area contributed by atoms with Gasteiger partial charge in [0, 0.05) is 19.5 Å². The predicted molar refractivity (Wildman–Crippen MR) is 70.9 cm³/mol. The van der Waals surface area contributed by atoms with Crippen molar-refractivity contribution in [2.75, 3.05) is 6.54 Å². The minimum absolute atomic E-state index is 0.00269. The van der Waals surface area contributed by atoms with Crippen LogP contribution in [0.1, 0.15) is 47.0 Å². The molecule has 1 aliphatic rings. The number of rotatable bonds is 3. The van der Waals surface area contributed by atoms with Crippen LogP contribution in [0.25, 0.3) is 0 Å². The summed E-state index contributed by atoms with van der Waals surface area (Å²) in [5.41, 5.74) is 5.26. The standard InChI is InChI=1S/C13H25N3O2/c1-9(17)16-10-5-12(2,3)7-13(4,6-10)8-15-11(14)18/h10H,5-8H2,1-4H3,(H,16,17)(H3,14,15,18). The zero-order chi connectivity index (χ0) is 14.0. The third-order valence-electron chi connectivity index (χ3n) is 3.54. The second-order valence-corrected chi connectivity index (χ2v) is 6.68. The van der Waals surface area contributed by atoms with Crippen LogP contribution in [0.2, 0.25) is 0 Å². The van der Waals surface area contributed by atoms with Crippen molar-refractivity contribution in [1.82, 2.24) is 10.6 Å². The fourth-order valence-electron chi connectivity index (χ4n) is 3.46. The molecule has 3 amide bonds. The van der Waals surface area contributed by atoms with Crippen LogP contribution in [0.15, 0.2) is 0 Å². The molecule has 2 unspecified atom stereocenters. The van der Waals surface area contributed by atoms with Crippen LogP contribution in [0.3, 0.4) is 0 Å². The summed E-state index contributed by atoms with van der Waals surface area (Å²) in [6, 6.07) is -0.318. The summed E-state index contributed by atoms with van der Waals surface area (Å²) in [4.78, 5) is 22.0. The lowest BCUT2D eigenvalue weighted by molar-refractivity contribution is -0.120. The van der Waals surface area contributed by atoms with Gasteiger partial charge < -0.3 is 16.4 Å². The lowest BCUT2D eigenvalue weighted by Gasteiger charge is -2.46. The Morgan fingerprint density at radius 2 is 1.89 bits per heavy atom. The Morgan fingerprint density at radius 3 is 2.39 bits per heavy atom. The lowest BCUT2D eigenvalue weighted by Crippen LogP contribution is -2.50. The molecule has 0 aromatic rings. The summed E-state index contributed by atoms with van der Waals surface area (Å²) < 4.78 is 0. The quantitative estimate of drug-likeness (QED) is 0.711. The average Bonchev–Trinajstić information content (AvgIpc) is 2.10. The van der Waals surface area contributed by atoms with Crippen molar-refractivity contribution >= 4 is 11.9 Å². The normalized spacial score (nSPS) is 30.6. The number of primary amides is 1. The lowest BCUT2D eigenvalue weighted by atomic mass is 9.62. The SMILES string of the molecule is CC(=O)NC1CC(C)(C)CC(C)(CNC(N)=O)C1. The Morgan fingerprint density at radius 1 is 1.28 bits per heavy atom. The molecule has 4 N–H and O–H groups in total. The van der Waals surface area contributed by atoms with Gasteiger partial charge in [0.05, 0.1) is 0 Å². The molecule has 0 radical (unpaired) electrons. The predicted octanol–water partition coefficient (Wildman–Crippen LogP) is 1.38. The van der Waals surface area contributed by atoms with E-state index in [1.165, 1.54) is 0 Å². The number of amides is 3. The van der Waals surface area contributed by atoms with E-state index in [0.717, 1.165) is 19.3 Å². The Kier molecular flexibility index (Phi) is 4.24. The number of hydrogen-bond donors (Lipinski definition) is 3. The van der Waals surface area contributed by atoms with E-state index < -0.39 is 6.03 Å². The van der Waals surface area contributed by atoms with Crippen molar-refractivity contribution in [3.63, 3.8) is 0 Å². The van der Waals surface area contributed by atoms with Gasteiger partial charge in [0.2, 0.25) is 5.91 Å². The molecule has 2 atom stereocenters. The fraction of sp³-hybridized carbons (Fsp3) is 0.846. The molecule has 18 heavy (non-hydrogen) atoms. The Labute approximate surface area is 109 Å². The molecule has 0 spiro atoms. The van der Waals surface area contributed by atoms with Crippen LogP contribution in [-0.4, -0.2) is 24.5 Å². The molecule has 1 rings (SSSR count). The molecular formula is C13H25N3O2. The maximum Gasteiger partial charge on any atom is 0.312 e. The van der Waals surface area contributed by atoms with Crippen LogP contribution >= 0.6 is 0 Å². The minimum Gasteiger partial charge on any atom is -0.354 e. The molecule has 0 aromatic heterocycles. The molecule has 1 fully saturated rings. The van der Waals surface area contributed by atoms with Crippen LogP contribution in [0.5, 0.6) is 0 Å². The van der Waals surface area contributed by atoms with Gasteiger partial charge in [-0.3, -0.25) is 4.79 Å². The highest BCUT2D eigenvalue weighted by Gasteiger charge is 2.41. The summed E-state index contributed by atoms with van der Waals surface area (Å²) in [6.07, 6.45) is 2.85. The van der Waals surface area contributed by atoms with E-state index in [1.807, 2.05) is 0 Å². The molecule has 0 heterocycles. The molecule has 1 aliphatic carbocycles. The second kappa shape index (κ2) is 5.16. The molecular weight excluding hydrogens is 230 g/mol. The van der Waals surface area contributed by atoms with E-state index in [2.05, 4.69) is 31.4 Å². The monoisotopic (exact) mass is 255 g/mol. The maximum atomic E-state index is 11.2. The van der Waals surface area contributed by atoms with Gasteiger partial charge in [-0.2, -0.15) is 0 Å². The summed E-state index contributed by atoms with van der Waals surface area (Å²) >= 11 is 0. The van der Waals surface area contributed by atoms with E-state index in [-0.39, 0.29) is 22.8 Å². The van der Waals surface area contributed by atoms with Gasteiger partial charge in [-0.25, -0.2) is 4.79 Å². The van der Waals surface area contributed by atoms with Crippen LogP contribution in [-0.2, 0) is 4.79 Å². The third-order valence-corrected chi connectivity index (χ3v) is 3.54. The summed E-state index contributed by atoms with van der Waals surface area (Å²) in [5.74, 6) is 0.00269. The summed E-state index contributed by atoms with van der Waals surface area (Å²) in [6.45, 7) is 8.63. The fourth-order valence-corrected chi connectivity index (χ4v) is 3.46. The molecule has 5 heteroatoms.